The van der Waals surface area contributed by atoms with Gasteiger partial charge in [-0.3, -0.25) is 14.6 Å². The fourth-order valence-electron chi connectivity index (χ4n) is 8.89. The van der Waals surface area contributed by atoms with Crippen molar-refractivity contribution in [3.8, 4) is 11.8 Å². The largest absolute Gasteiger partial charge is 0.543 e. The maximum absolute atomic E-state index is 14.3. The molecule has 0 spiro atoms. The van der Waals surface area contributed by atoms with Gasteiger partial charge in [-0.15, -0.1) is 0 Å². The van der Waals surface area contributed by atoms with Crippen LogP contribution in [-0.4, -0.2) is 84.4 Å². The summed E-state index contributed by atoms with van der Waals surface area (Å²) in [6.07, 6.45) is 1.57. The number of hydrogen-bond acceptors (Lipinski definition) is 8. The zero-order chi connectivity index (χ0) is 44.5. The molecule has 326 valence electrons. The molecule has 3 heterocycles. The number of benzene rings is 2. The molecule has 2 atom stereocenters. The molecule has 0 unspecified atom stereocenters. The average Bonchev–Trinajstić information content (AvgIpc) is 3.61. The van der Waals surface area contributed by atoms with Gasteiger partial charge in [0.05, 0.1) is 22.3 Å². The van der Waals surface area contributed by atoms with Gasteiger partial charge >= 0.3 is 13.2 Å². The minimum atomic E-state index is -2.43. The number of rotatable bonds is 15. The molecule has 0 radical (unpaired) electrons. The van der Waals surface area contributed by atoms with E-state index in [9.17, 15) is 24.8 Å². The topological polar surface area (TPSA) is 167 Å². The van der Waals surface area contributed by atoms with E-state index in [0.29, 0.717) is 66.0 Å². The van der Waals surface area contributed by atoms with E-state index in [1.54, 1.807) is 0 Å². The molecular weight excluding hydrogens is 843 g/mol. The lowest BCUT2D eigenvalue weighted by atomic mass is 9.78. The summed E-state index contributed by atoms with van der Waals surface area (Å²) in [5.74, 6) is -0.111. The minimum absolute atomic E-state index is 0.0236. The molecule has 2 aliphatic heterocycles. The van der Waals surface area contributed by atoms with Crippen molar-refractivity contribution >= 4 is 65.6 Å². The predicted octanol–water partition coefficient (Wildman–Crippen LogP) is 7.65. The Labute approximate surface area is 365 Å². The number of amides is 3. The number of halogens is 1. The second-order valence-corrected chi connectivity index (χ2v) is 25.6. The lowest BCUT2D eigenvalue weighted by Crippen LogP contribution is -2.61. The molecule has 2 aliphatic rings. The van der Waals surface area contributed by atoms with Gasteiger partial charge in [0.2, 0.25) is 5.91 Å². The van der Waals surface area contributed by atoms with Crippen LogP contribution in [0.1, 0.15) is 107 Å². The van der Waals surface area contributed by atoms with Crippen molar-refractivity contribution in [3.63, 3.8) is 0 Å². The predicted molar refractivity (Wildman–Crippen MR) is 242 cm³/mol. The van der Waals surface area contributed by atoms with Crippen LogP contribution in [0.5, 0.6) is 5.75 Å². The van der Waals surface area contributed by atoms with Crippen molar-refractivity contribution in [2.24, 2.45) is 5.41 Å². The fourth-order valence-corrected chi connectivity index (χ4v) is 14.5. The highest BCUT2D eigenvalue weighted by molar-refractivity contribution is 9.10. The standard InChI is InChI=1S/C44H64BBrN6O7Si/c1-27(2)60(28(3)4,29(5)6)57-34-19-30(18-32(21-34)45-58-43(9,10)44(11,12)59-45)20-37(49-41(55)56)40(54)52-17-13-14-36(50-52)39(53)48-25-42(7,8)26-51-24-31(23-47)35-16-15-33(46)22-38(35)51/h15-16,18-19,21-22,24,27-29,36-37,49-50H,13-14,17,20,25-26H2,1-12H3,(H,48,53)(H,55,56)/t36-,37-/m0/s1. The fraction of sp³-hybridized carbons (Fsp3) is 0.591. The number of nitrogens with zero attached hydrogens (tertiary/aromatic N) is 3. The highest BCUT2D eigenvalue weighted by atomic mass is 79.9. The Kier molecular flexibility index (Phi) is 14.3. The van der Waals surface area contributed by atoms with Gasteiger partial charge in [0, 0.05) is 42.1 Å². The van der Waals surface area contributed by atoms with Crippen molar-refractivity contribution in [3.05, 3.63) is 58.2 Å². The SMILES string of the molecule is CC(C)[Si](Oc1cc(C[C@H](NC(=O)O)C(=O)N2CCC[C@@H](C(=O)NCC(C)(C)Cn3cc(C#N)c4ccc(Br)cc43)N2)cc(B2OC(C)(C)C(C)(C)O2)c1)(C(C)C)C(C)C. The van der Waals surface area contributed by atoms with Crippen molar-refractivity contribution in [1.29, 1.82) is 5.26 Å². The molecule has 2 aromatic carbocycles. The number of nitrogens with one attached hydrogen (secondary N) is 3. The molecule has 4 N–H and O–H groups in total. The second kappa shape index (κ2) is 18.2. The highest BCUT2D eigenvalue weighted by Gasteiger charge is 2.52. The maximum Gasteiger partial charge on any atom is 0.494 e. The molecule has 5 rings (SSSR count). The van der Waals surface area contributed by atoms with Crippen molar-refractivity contribution in [1.82, 2.24) is 25.6 Å². The van der Waals surface area contributed by atoms with Gasteiger partial charge in [-0.1, -0.05) is 83.5 Å². The minimum Gasteiger partial charge on any atom is -0.543 e. The van der Waals surface area contributed by atoms with Crippen LogP contribution in [0, 0.1) is 16.7 Å². The number of carboxylic acid groups (broad SMARTS) is 1. The number of carbonyl (C=O) groups excluding carboxylic acids is 2. The molecular formula is C44H64BBrN6O7Si. The van der Waals surface area contributed by atoms with Crippen LogP contribution in [0.4, 0.5) is 4.79 Å². The van der Waals surface area contributed by atoms with Gasteiger partial charge in [-0.2, -0.15) is 5.26 Å². The van der Waals surface area contributed by atoms with E-state index in [1.165, 1.54) is 5.01 Å². The smallest absolute Gasteiger partial charge is 0.494 e. The summed E-state index contributed by atoms with van der Waals surface area (Å²) in [5, 5.41) is 27.5. The van der Waals surface area contributed by atoms with Crippen LogP contribution in [-0.2, 0) is 31.9 Å². The first-order valence-electron chi connectivity index (χ1n) is 21.1. The van der Waals surface area contributed by atoms with Crippen molar-refractivity contribution in [2.45, 2.75) is 149 Å². The van der Waals surface area contributed by atoms with E-state index in [-0.39, 0.29) is 12.3 Å². The second-order valence-electron chi connectivity index (χ2n) is 19.3. The van der Waals surface area contributed by atoms with Gasteiger partial charge in [0.25, 0.3) is 14.2 Å². The monoisotopic (exact) mass is 906 g/mol. The average molecular weight is 908 g/mol. The van der Waals surface area contributed by atoms with Crippen LogP contribution in [0.3, 0.4) is 0 Å². The first kappa shape index (κ1) is 47.2. The molecule has 2 saturated heterocycles. The van der Waals surface area contributed by atoms with E-state index in [1.807, 2.05) is 88.7 Å². The van der Waals surface area contributed by atoms with E-state index < -0.39 is 56.1 Å². The Bertz CT molecular complexity index is 2080. The van der Waals surface area contributed by atoms with Gasteiger partial charge in [-0.05, 0) is 97.9 Å². The summed E-state index contributed by atoms with van der Waals surface area (Å²) < 4.78 is 23.0. The van der Waals surface area contributed by atoms with Crippen LogP contribution in [0.15, 0.2) is 47.1 Å². The third-order valence-corrected chi connectivity index (χ3v) is 19.1. The van der Waals surface area contributed by atoms with Crippen molar-refractivity contribution in [2.75, 3.05) is 13.1 Å². The molecule has 0 bridgehead atoms. The van der Waals surface area contributed by atoms with E-state index in [0.717, 1.165) is 20.8 Å². The van der Waals surface area contributed by atoms with Gasteiger partial charge < -0.3 is 34.0 Å². The third kappa shape index (κ3) is 10.2. The Hall–Kier alpha value is -3.88. The molecule has 2 fully saturated rings. The first-order chi connectivity index (χ1) is 27.9. The number of hydrazine groups is 1. The number of aromatic nitrogens is 1. The van der Waals surface area contributed by atoms with E-state index in [4.69, 9.17) is 13.7 Å². The molecule has 1 aromatic heterocycles. The molecule has 60 heavy (non-hydrogen) atoms. The Balaban J connectivity index is 1.35. The Morgan fingerprint density at radius 2 is 1.68 bits per heavy atom. The summed E-state index contributed by atoms with van der Waals surface area (Å²) >= 11 is 3.54. The number of fused-ring (bicyclic) bond motifs is 1. The summed E-state index contributed by atoms with van der Waals surface area (Å²) in [5.41, 5.74) is 5.33. The molecule has 3 amide bonds. The van der Waals surface area contributed by atoms with Gasteiger partial charge in [0.1, 0.15) is 23.9 Å². The normalized spacial score (nSPS) is 18.6. The highest BCUT2D eigenvalue weighted by Crippen LogP contribution is 2.43. The zero-order valence-electron chi connectivity index (χ0n) is 37.4. The van der Waals surface area contributed by atoms with Crippen LogP contribution >= 0.6 is 15.9 Å². The van der Waals surface area contributed by atoms with E-state index >= 15 is 0 Å². The molecule has 16 heteroatoms. The lowest BCUT2D eigenvalue weighted by molar-refractivity contribution is -0.141. The van der Waals surface area contributed by atoms with Crippen LogP contribution < -0.4 is 25.9 Å². The Morgan fingerprint density at radius 1 is 1.05 bits per heavy atom. The quantitative estimate of drug-likeness (QED) is 0.112. The summed E-state index contributed by atoms with van der Waals surface area (Å²) in [4.78, 5) is 40.2. The van der Waals surface area contributed by atoms with E-state index in [2.05, 4.69) is 79.6 Å². The van der Waals surface area contributed by atoms with Gasteiger partial charge in [0.15, 0.2) is 0 Å². The Morgan fingerprint density at radius 3 is 2.27 bits per heavy atom. The summed E-state index contributed by atoms with van der Waals surface area (Å²) in [6, 6.07) is 12.0. The molecule has 13 nitrogen and oxygen atoms in total. The number of hydrogen-bond donors (Lipinski definition) is 4. The summed E-state index contributed by atoms with van der Waals surface area (Å²) in [7, 11) is -3.13. The third-order valence-electron chi connectivity index (χ3n) is 12.6. The number of carbonyl (C=O) groups is 3. The van der Waals surface area contributed by atoms with Gasteiger partial charge in [-0.25, -0.2) is 10.2 Å². The van der Waals surface area contributed by atoms with Crippen LogP contribution in [0.25, 0.3) is 10.9 Å². The molecule has 0 aliphatic carbocycles. The first-order valence-corrected chi connectivity index (χ1v) is 24.0. The lowest BCUT2D eigenvalue weighted by Gasteiger charge is -2.42. The maximum atomic E-state index is 14.3. The van der Waals surface area contributed by atoms with Crippen molar-refractivity contribution < 1.29 is 33.2 Å². The molecule has 0 saturated carbocycles. The number of nitriles is 1. The zero-order valence-corrected chi connectivity index (χ0v) is 40.0. The summed E-state index contributed by atoms with van der Waals surface area (Å²) in [6.45, 7) is 26.5. The van der Waals surface area contributed by atoms with Crippen LogP contribution in [0.2, 0.25) is 16.6 Å². The molecule has 3 aromatic rings.